The molecule has 100 valence electrons. The molecule has 0 amide bonds. The molecule has 2 aromatic rings. The van der Waals surface area contributed by atoms with Gasteiger partial charge in [0.05, 0.1) is 12.9 Å². The van der Waals surface area contributed by atoms with Crippen molar-refractivity contribution in [1.29, 1.82) is 0 Å². The van der Waals surface area contributed by atoms with Gasteiger partial charge >= 0.3 is 0 Å². The number of rotatable bonds is 5. The number of thiophene rings is 1. The lowest BCUT2D eigenvalue weighted by atomic mass is 10.2. The summed E-state index contributed by atoms with van der Waals surface area (Å²) < 4.78 is 5.11. The zero-order chi connectivity index (χ0) is 13.8. The molecule has 0 aliphatic heterocycles. The number of ether oxygens (including phenoxy) is 1. The van der Waals surface area contributed by atoms with Gasteiger partial charge in [-0.2, -0.15) is 0 Å². The summed E-state index contributed by atoms with van der Waals surface area (Å²) in [7, 11) is 1.65. The predicted octanol–water partition coefficient (Wildman–Crippen LogP) is 4.35. The summed E-state index contributed by atoms with van der Waals surface area (Å²) in [5.41, 5.74) is 0.864. The molecule has 0 bridgehead atoms. The highest BCUT2D eigenvalue weighted by Gasteiger charge is 2.12. The van der Waals surface area contributed by atoms with E-state index in [0.717, 1.165) is 21.1 Å². The smallest absolute Gasteiger partial charge is 0.174 e. The van der Waals surface area contributed by atoms with Crippen LogP contribution in [0.4, 0.5) is 0 Å². The van der Waals surface area contributed by atoms with Gasteiger partial charge in [-0.05, 0) is 44.2 Å². The van der Waals surface area contributed by atoms with Crippen molar-refractivity contribution in [3.8, 4) is 5.75 Å². The number of ketones is 1. The van der Waals surface area contributed by atoms with Crippen LogP contribution >= 0.6 is 23.1 Å². The average molecular weight is 292 g/mol. The SMILES string of the molecule is COc1ccc(SCC(=O)c2cc(C)sc2C)cc1. The Hall–Kier alpha value is -1.26. The molecule has 0 radical (unpaired) electrons. The number of Topliss-reactive ketones (excluding diaryl/α,β-unsaturated/α-hetero) is 1. The standard InChI is InChI=1S/C15H16O2S2/c1-10-8-14(11(2)19-10)15(16)9-18-13-6-4-12(17-3)5-7-13/h4-8H,9H2,1-3H3. The monoisotopic (exact) mass is 292 g/mol. The molecule has 0 unspecified atom stereocenters. The first-order valence-electron chi connectivity index (χ1n) is 5.97. The predicted molar refractivity (Wildman–Crippen MR) is 81.8 cm³/mol. The molecule has 19 heavy (non-hydrogen) atoms. The fraction of sp³-hybridized carbons (Fsp3) is 0.267. The minimum Gasteiger partial charge on any atom is -0.497 e. The number of carbonyl (C=O) groups excluding carboxylic acids is 1. The summed E-state index contributed by atoms with van der Waals surface area (Å²) >= 11 is 3.24. The van der Waals surface area contributed by atoms with Crippen molar-refractivity contribution >= 4 is 28.9 Å². The Morgan fingerprint density at radius 3 is 2.47 bits per heavy atom. The number of benzene rings is 1. The molecular formula is C15H16O2S2. The summed E-state index contributed by atoms with van der Waals surface area (Å²) in [5.74, 6) is 1.51. The van der Waals surface area contributed by atoms with Crippen molar-refractivity contribution in [2.24, 2.45) is 0 Å². The van der Waals surface area contributed by atoms with E-state index in [4.69, 9.17) is 4.74 Å². The second-order valence-electron chi connectivity index (χ2n) is 4.21. The van der Waals surface area contributed by atoms with Crippen LogP contribution in [-0.2, 0) is 0 Å². The maximum atomic E-state index is 12.1. The van der Waals surface area contributed by atoms with Gasteiger partial charge < -0.3 is 4.74 Å². The highest BCUT2D eigenvalue weighted by molar-refractivity contribution is 8.00. The second kappa shape index (κ2) is 6.26. The van der Waals surface area contributed by atoms with Gasteiger partial charge in [0, 0.05) is 20.2 Å². The Balaban J connectivity index is 1.98. The highest BCUT2D eigenvalue weighted by atomic mass is 32.2. The second-order valence-corrected chi connectivity index (χ2v) is 6.72. The number of hydrogen-bond acceptors (Lipinski definition) is 4. The lowest BCUT2D eigenvalue weighted by Crippen LogP contribution is -2.02. The van der Waals surface area contributed by atoms with E-state index in [1.165, 1.54) is 4.88 Å². The van der Waals surface area contributed by atoms with Crippen LogP contribution in [0.15, 0.2) is 35.2 Å². The lowest BCUT2D eigenvalue weighted by Gasteiger charge is -2.03. The van der Waals surface area contributed by atoms with Gasteiger partial charge in [0.2, 0.25) is 0 Å². The van der Waals surface area contributed by atoms with Crippen LogP contribution in [0.25, 0.3) is 0 Å². The number of aryl methyl sites for hydroxylation is 2. The first-order valence-corrected chi connectivity index (χ1v) is 7.77. The molecule has 4 heteroatoms. The Bertz CT molecular complexity index is 570. The van der Waals surface area contributed by atoms with Gasteiger partial charge in [-0.15, -0.1) is 23.1 Å². The Morgan fingerprint density at radius 1 is 1.26 bits per heavy atom. The molecule has 2 rings (SSSR count). The van der Waals surface area contributed by atoms with Crippen molar-refractivity contribution in [2.75, 3.05) is 12.9 Å². The van der Waals surface area contributed by atoms with E-state index in [2.05, 4.69) is 0 Å². The summed E-state index contributed by atoms with van der Waals surface area (Å²) in [6.07, 6.45) is 0. The van der Waals surface area contributed by atoms with E-state index >= 15 is 0 Å². The van der Waals surface area contributed by atoms with Gasteiger partial charge in [-0.3, -0.25) is 4.79 Å². The maximum absolute atomic E-state index is 12.1. The van der Waals surface area contributed by atoms with E-state index in [-0.39, 0.29) is 5.78 Å². The molecule has 0 saturated carbocycles. The Morgan fingerprint density at radius 2 is 1.95 bits per heavy atom. The van der Waals surface area contributed by atoms with Crippen molar-refractivity contribution in [3.63, 3.8) is 0 Å². The fourth-order valence-electron chi connectivity index (χ4n) is 1.81. The van der Waals surface area contributed by atoms with E-state index in [9.17, 15) is 4.79 Å². The zero-order valence-electron chi connectivity index (χ0n) is 11.2. The van der Waals surface area contributed by atoms with Crippen LogP contribution in [0.1, 0.15) is 20.1 Å². The molecule has 0 fully saturated rings. The minimum atomic E-state index is 0.197. The van der Waals surface area contributed by atoms with E-state index < -0.39 is 0 Å². The molecule has 0 saturated heterocycles. The maximum Gasteiger partial charge on any atom is 0.174 e. The number of hydrogen-bond donors (Lipinski definition) is 0. The quantitative estimate of drug-likeness (QED) is 0.605. The van der Waals surface area contributed by atoms with E-state index in [0.29, 0.717) is 5.75 Å². The number of carbonyl (C=O) groups is 1. The third kappa shape index (κ3) is 3.61. The van der Waals surface area contributed by atoms with Gasteiger partial charge in [0.1, 0.15) is 5.75 Å². The average Bonchev–Trinajstić information content (AvgIpc) is 2.75. The topological polar surface area (TPSA) is 26.3 Å². The van der Waals surface area contributed by atoms with Crippen molar-refractivity contribution in [2.45, 2.75) is 18.7 Å². The molecular weight excluding hydrogens is 276 g/mol. The first kappa shape index (κ1) is 14.2. The van der Waals surface area contributed by atoms with Crippen LogP contribution < -0.4 is 4.74 Å². The molecule has 0 aliphatic carbocycles. The molecule has 0 aliphatic rings. The van der Waals surface area contributed by atoms with Crippen molar-refractivity contribution in [1.82, 2.24) is 0 Å². The van der Waals surface area contributed by atoms with Gasteiger partial charge in [-0.1, -0.05) is 0 Å². The number of thioether (sulfide) groups is 1. The highest BCUT2D eigenvalue weighted by Crippen LogP contribution is 2.25. The van der Waals surface area contributed by atoms with Crippen LogP contribution in [-0.4, -0.2) is 18.6 Å². The molecule has 0 N–H and O–H groups in total. The van der Waals surface area contributed by atoms with Gasteiger partial charge in [0.15, 0.2) is 5.78 Å². The molecule has 1 aromatic heterocycles. The third-order valence-corrected chi connectivity index (χ3v) is 4.75. The number of methoxy groups -OCH3 is 1. The van der Waals surface area contributed by atoms with Crippen LogP contribution in [0.5, 0.6) is 5.75 Å². The summed E-state index contributed by atoms with van der Waals surface area (Å²) in [4.78, 5) is 15.5. The first-order chi connectivity index (χ1) is 9.10. The largest absolute Gasteiger partial charge is 0.497 e. The third-order valence-electron chi connectivity index (χ3n) is 2.77. The molecule has 2 nitrogen and oxygen atoms in total. The van der Waals surface area contributed by atoms with Crippen LogP contribution in [0, 0.1) is 13.8 Å². The van der Waals surface area contributed by atoms with Crippen molar-refractivity contribution in [3.05, 3.63) is 45.6 Å². The molecule has 0 atom stereocenters. The van der Waals surface area contributed by atoms with Crippen molar-refractivity contribution < 1.29 is 9.53 Å². The molecule has 0 spiro atoms. The molecule has 1 heterocycles. The Labute approximate surface area is 121 Å². The van der Waals surface area contributed by atoms with Gasteiger partial charge in [0.25, 0.3) is 0 Å². The fourth-order valence-corrected chi connectivity index (χ4v) is 3.53. The van der Waals surface area contributed by atoms with E-state index in [1.807, 2.05) is 44.2 Å². The molecule has 1 aromatic carbocycles. The van der Waals surface area contributed by atoms with Crippen LogP contribution in [0.3, 0.4) is 0 Å². The lowest BCUT2D eigenvalue weighted by molar-refractivity contribution is 0.102. The minimum absolute atomic E-state index is 0.197. The zero-order valence-corrected chi connectivity index (χ0v) is 12.9. The van der Waals surface area contributed by atoms with Crippen LogP contribution in [0.2, 0.25) is 0 Å². The summed E-state index contributed by atoms with van der Waals surface area (Å²) in [5, 5.41) is 0. The summed E-state index contributed by atoms with van der Waals surface area (Å²) in [6.45, 7) is 4.04. The Kier molecular flexibility index (Phi) is 4.66. The van der Waals surface area contributed by atoms with Gasteiger partial charge in [-0.25, -0.2) is 0 Å². The van der Waals surface area contributed by atoms with E-state index in [1.54, 1.807) is 30.2 Å². The normalized spacial score (nSPS) is 10.5. The summed E-state index contributed by atoms with van der Waals surface area (Å²) in [6, 6.07) is 9.75.